The van der Waals surface area contributed by atoms with Gasteiger partial charge in [-0.3, -0.25) is 4.79 Å². The predicted octanol–water partition coefficient (Wildman–Crippen LogP) is 4.74. The molecule has 9 heteroatoms. The maximum Gasteiger partial charge on any atom is 0.251 e. The van der Waals surface area contributed by atoms with Crippen molar-refractivity contribution in [1.29, 1.82) is 0 Å². The fraction of sp³-hybridized carbons (Fsp3) is 0.286. The number of carbonyl (C=O) groups is 1. The van der Waals surface area contributed by atoms with Gasteiger partial charge in [0.05, 0.1) is 27.9 Å². The topological polar surface area (TPSA) is 81.1 Å². The number of hydrogen-bond donors (Lipinski definition) is 2. The maximum atomic E-state index is 12.4. The Morgan fingerprint density at radius 3 is 2.87 bits per heavy atom. The van der Waals surface area contributed by atoms with Crippen LogP contribution in [0.1, 0.15) is 23.7 Å². The smallest absolute Gasteiger partial charge is 0.251 e. The summed E-state index contributed by atoms with van der Waals surface area (Å²) in [7, 11) is 1.92. The second-order valence-electron chi connectivity index (χ2n) is 6.82. The van der Waals surface area contributed by atoms with Crippen molar-refractivity contribution >= 4 is 61.2 Å². The summed E-state index contributed by atoms with van der Waals surface area (Å²) in [5.41, 5.74) is 3.10. The molecule has 2 heterocycles. The first-order valence-corrected chi connectivity index (χ1v) is 10.9. The van der Waals surface area contributed by atoms with Crippen LogP contribution >= 0.6 is 22.9 Å². The van der Waals surface area contributed by atoms with E-state index < -0.39 is 0 Å². The minimum absolute atomic E-state index is 0.139. The van der Waals surface area contributed by atoms with Crippen LogP contribution in [0.25, 0.3) is 21.3 Å². The largest absolute Gasteiger partial charge is 0.380 e. The van der Waals surface area contributed by atoms with Crippen LogP contribution in [0.4, 0.5) is 11.1 Å². The standard InChI is InChI=1S/C21H22ClN5O2S/c1-3-9-29-10-8-23-19(28)13-4-7-17-16(11-13)24-20(27(17)2)26-21-25-15-6-5-14(22)12-18(15)30-21/h4-7,11-12H,3,8-10H2,1-2H3,(H,23,28)(H,24,25,26). The first-order chi connectivity index (χ1) is 14.5. The van der Waals surface area contributed by atoms with Crippen LogP contribution in [0.5, 0.6) is 0 Å². The molecule has 0 bridgehead atoms. The fourth-order valence-corrected chi connectivity index (χ4v) is 4.22. The maximum absolute atomic E-state index is 12.4. The zero-order valence-electron chi connectivity index (χ0n) is 16.7. The summed E-state index contributed by atoms with van der Waals surface area (Å²) >= 11 is 7.58. The number of benzene rings is 2. The average molecular weight is 444 g/mol. The highest BCUT2D eigenvalue weighted by Crippen LogP contribution is 2.31. The molecule has 2 N–H and O–H groups in total. The lowest BCUT2D eigenvalue weighted by atomic mass is 10.2. The molecule has 30 heavy (non-hydrogen) atoms. The van der Waals surface area contributed by atoms with Gasteiger partial charge in [0.15, 0.2) is 5.13 Å². The minimum atomic E-state index is -0.139. The Hall–Kier alpha value is -2.68. The summed E-state index contributed by atoms with van der Waals surface area (Å²) < 4.78 is 8.34. The van der Waals surface area contributed by atoms with E-state index in [4.69, 9.17) is 16.3 Å². The number of aromatic nitrogens is 3. The van der Waals surface area contributed by atoms with Crippen molar-refractivity contribution in [1.82, 2.24) is 19.9 Å². The number of hydrogen-bond acceptors (Lipinski definition) is 6. The number of nitrogens with zero attached hydrogens (tertiary/aromatic N) is 3. The molecule has 1 amide bonds. The van der Waals surface area contributed by atoms with Crippen molar-refractivity contribution in [2.75, 3.05) is 25.1 Å². The van der Waals surface area contributed by atoms with Crippen molar-refractivity contribution in [3.05, 3.63) is 47.0 Å². The molecule has 156 valence electrons. The molecule has 2 aromatic carbocycles. The lowest BCUT2D eigenvalue weighted by Gasteiger charge is -2.06. The first kappa shape index (κ1) is 20.6. The molecule has 0 aliphatic carbocycles. The molecule has 0 aliphatic heterocycles. The molecule has 0 radical (unpaired) electrons. The van der Waals surface area contributed by atoms with Gasteiger partial charge in [-0.15, -0.1) is 0 Å². The van der Waals surface area contributed by atoms with E-state index in [1.807, 2.05) is 35.9 Å². The molecular formula is C21H22ClN5O2S. The van der Waals surface area contributed by atoms with E-state index >= 15 is 0 Å². The second-order valence-corrected chi connectivity index (χ2v) is 8.29. The van der Waals surface area contributed by atoms with Crippen LogP contribution in [-0.2, 0) is 11.8 Å². The highest BCUT2D eigenvalue weighted by molar-refractivity contribution is 7.22. The summed E-state index contributed by atoms with van der Waals surface area (Å²) in [6, 6.07) is 11.1. The molecular weight excluding hydrogens is 422 g/mol. The van der Waals surface area contributed by atoms with Gasteiger partial charge in [-0.1, -0.05) is 29.9 Å². The van der Waals surface area contributed by atoms with Gasteiger partial charge in [0.1, 0.15) is 0 Å². The van der Waals surface area contributed by atoms with E-state index in [1.165, 1.54) is 11.3 Å². The highest BCUT2D eigenvalue weighted by Gasteiger charge is 2.13. The number of nitrogens with one attached hydrogen (secondary N) is 2. The Balaban J connectivity index is 1.50. The Labute approximate surface area is 183 Å². The number of fused-ring (bicyclic) bond motifs is 2. The molecule has 0 saturated heterocycles. The highest BCUT2D eigenvalue weighted by atomic mass is 35.5. The average Bonchev–Trinajstić information content (AvgIpc) is 3.27. The van der Waals surface area contributed by atoms with E-state index in [1.54, 1.807) is 12.1 Å². The second kappa shape index (κ2) is 8.99. The van der Waals surface area contributed by atoms with Crippen molar-refractivity contribution in [3.63, 3.8) is 0 Å². The zero-order chi connectivity index (χ0) is 21.1. The molecule has 0 saturated carbocycles. The fourth-order valence-electron chi connectivity index (χ4n) is 3.09. The number of ether oxygens (including phenoxy) is 1. The minimum Gasteiger partial charge on any atom is -0.380 e. The quantitative estimate of drug-likeness (QED) is 0.384. The zero-order valence-corrected chi connectivity index (χ0v) is 18.3. The van der Waals surface area contributed by atoms with Gasteiger partial charge in [0, 0.05) is 30.8 Å². The summed E-state index contributed by atoms with van der Waals surface area (Å²) in [6.45, 7) is 3.74. The van der Waals surface area contributed by atoms with Gasteiger partial charge in [0.25, 0.3) is 5.91 Å². The number of aryl methyl sites for hydroxylation is 1. The Morgan fingerprint density at radius 2 is 2.03 bits per heavy atom. The molecule has 4 aromatic rings. The van der Waals surface area contributed by atoms with Crippen LogP contribution in [-0.4, -0.2) is 40.2 Å². The van der Waals surface area contributed by atoms with Gasteiger partial charge < -0.3 is 19.9 Å². The number of amides is 1. The number of carbonyl (C=O) groups excluding carboxylic acids is 1. The molecule has 0 atom stereocenters. The van der Waals surface area contributed by atoms with E-state index in [0.717, 1.165) is 32.8 Å². The van der Waals surface area contributed by atoms with Crippen molar-refractivity contribution in [2.45, 2.75) is 13.3 Å². The third-order valence-corrected chi connectivity index (χ3v) is 5.76. The number of thiazole rings is 1. The molecule has 0 spiro atoms. The molecule has 0 fully saturated rings. The predicted molar refractivity (Wildman–Crippen MR) is 122 cm³/mol. The number of rotatable bonds is 8. The summed E-state index contributed by atoms with van der Waals surface area (Å²) in [5.74, 6) is 0.515. The van der Waals surface area contributed by atoms with E-state index in [9.17, 15) is 4.79 Å². The number of halogens is 1. The van der Waals surface area contributed by atoms with Gasteiger partial charge in [-0.25, -0.2) is 9.97 Å². The van der Waals surface area contributed by atoms with E-state index in [-0.39, 0.29) is 5.91 Å². The Bertz CT molecular complexity index is 1200. The van der Waals surface area contributed by atoms with Crippen molar-refractivity contribution < 1.29 is 9.53 Å². The van der Waals surface area contributed by atoms with Crippen molar-refractivity contribution in [2.24, 2.45) is 7.05 Å². The SMILES string of the molecule is CCCOCCNC(=O)c1ccc2c(c1)nc(Nc1nc3ccc(Cl)cc3s1)n2C. The van der Waals surface area contributed by atoms with E-state index in [0.29, 0.717) is 36.3 Å². The third kappa shape index (κ3) is 4.40. The Morgan fingerprint density at radius 1 is 1.17 bits per heavy atom. The monoisotopic (exact) mass is 443 g/mol. The van der Waals surface area contributed by atoms with Crippen LogP contribution in [0.2, 0.25) is 5.02 Å². The van der Waals surface area contributed by atoms with Crippen LogP contribution in [0.15, 0.2) is 36.4 Å². The van der Waals surface area contributed by atoms with Gasteiger partial charge >= 0.3 is 0 Å². The van der Waals surface area contributed by atoms with Gasteiger partial charge in [0.2, 0.25) is 5.95 Å². The van der Waals surface area contributed by atoms with E-state index in [2.05, 4.69) is 27.5 Å². The number of imidazole rings is 1. The van der Waals surface area contributed by atoms with Crippen LogP contribution in [0, 0.1) is 0 Å². The molecule has 4 rings (SSSR count). The summed E-state index contributed by atoms with van der Waals surface area (Å²) in [4.78, 5) is 21.6. The molecule has 0 aliphatic rings. The Kier molecular flexibility index (Phi) is 6.17. The van der Waals surface area contributed by atoms with Crippen LogP contribution < -0.4 is 10.6 Å². The van der Waals surface area contributed by atoms with Gasteiger partial charge in [-0.05, 0) is 42.8 Å². The van der Waals surface area contributed by atoms with Crippen molar-refractivity contribution in [3.8, 4) is 0 Å². The lowest BCUT2D eigenvalue weighted by Crippen LogP contribution is -2.27. The molecule has 0 unspecified atom stereocenters. The summed E-state index contributed by atoms with van der Waals surface area (Å²) in [5, 5.41) is 7.56. The van der Waals surface area contributed by atoms with Gasteiger partial charge in [-0.2, -0.15) is 0 Å². The summed E-state index contributed by atoms with van der Waals surface area (Å²) in [6.07, 6.45) is 0.964. The first-order valence-electron chi connectivity index (χ1n) is 9.70. The normalized spacial score (nSPS) is 11.3. The molecule has 2 aromatic heterocycles. The number of anilines is 2. The van der Waals surface area contributed by atoms with Crippen LogP contribution in [0.3, 0.4) is 0 Å². The lowest BCUT2D eigenvalue weighted by molar-refractivity contribution is 0.0915. The molecule has 7 nitrogen and oxygen atoms in total. The third-order valence-electron chi connectivity index (χ3n) is 4.59.